The molecule has 0 aliphatic heterocycles. The maximum atomic E-state index is 13.4. The molecule has 0 fully saturated rings. The number of hydrogen-bond acceptors (Lipinski definition) is 5. The molecule has 0 amide bonds. The van der Waals surface area contributed by atoms with Crippen LogP contribution in [0.5, 0.6) is 0 Å². The van der Waals surface area contributed by atoms with E-state index in [1.54, 1.807) is 12.1 Å². The Balaban J connectivity index is 2.62. The third kappa shape index (κ3) is 3.13. The molecule has 0 atom stereocenters. The molecule has 1 aromatic heterocycles. The maximum Gasteiger partial charge on any atom is 0.179 e. The van der Waals surface area contributed by atoms with Crippen molar-refractivity contribution < 1.29 is 4.39 Å². The van der Waals surface area contributed by atoms with E-state index >= 15 is 0 Å². The number of benzene rings is 1. The minimum Gasteiger partial charge on any atom is -0.368 e. The molecule has 2 aromatic rings. The third-order valence-electron chi connectivity index (χ3n) is 2.75. The summed E-state index contributed by atoms with van der Waals surface area (Å²) in [5, 5.41) is 21.1. The van der Waals surface area contributed by atoms with Crippen LogP contribution in [0.15, 0.2) is 24.3 Å². The van der Waals surface area contributed by atoms with E-state index in [-0.39, 0.29) is 11.4 Å². The minimum atomic E-state index is -0.404. The van der Waals surface area contributed by atoms with E-state index in [0.29, 0.717) is 23.6 Å². The van der Waals surface area contributed by atoms with Crippen LogP contribution in [0.4, 0.5) is 10.2 Å². The Morgan fingerprint density at radius 2 is 1.90 bits per heavy atom. The Hall–Kier alpha value is -2.99. The molecule has 0 aliphatic rings. The molecule has 0 bridgehead atoms. The number of halogens is 1. The molecule has 0 spiro atoms. The van der Waals surface area contributed by atoms with E-state index in [9.17, 15) is 4.39 Å². The molecular formula is C15H12FN5. The number of nitrogens with zero attached hydrogens (tertiary/aromatic N) is 4. The van der Waals surface area contributed by atoms with Crippen LogP contribution in [-0.4, -0.2) is 16.5 Å². The van der Waals surface area contributed by atoms with Gasteiger partial charge in [0.05, 0.1) is 0 Å². The van der Waals surface area contributed by atoms with Gasteiger partial charge in [-0.15, -0.1) is 0 Å². The molecule has 0 radical (unpaired) electrons. The molecule has 0 saturated heterocycles. The fourth-order valence-corrected chi connectivity index (χ4v) is 1.80. The summed E-state index contributed by atoms with van der Waals surface area (Å²) in [6.45, 7) is 2.62. The molecule has 2 rings (SSSR count). The summed E-state index contributed by atoms with van der Waals surface area (Å²) < 4.78 is 13.4. The van der Waals surface area contributed by atoms with Gasteiger partial charge in [-0.25, -0.2) is 14.4 Å². The quantitative estimate of drug-likeness (QED) is 0.931. The lowest BCUT2D eigenvalue weighted by Gasteiger charge is -2.11. The SMILES string of the molecule is CCCNc1nc(C#N)c(C#N)nc1-c1cccc(F)c1. The van der Waals surface area contributed by atoms with Crippen molar-refractivity contribution in [3.8, 4) is 23.4 Å². The molecule has 6 heteroatoms. The first kappa shape index (κ1) is 14.4. The molecule has 0 unspecified atom stereocenters. The Kier molecular flexibility index (Phi) is 4.43. The predicted octanol–water partition coefficient (Wildman–Crippen LogP) is 2.85. The van der Waals surface area contributed by atoms with Crippen LogP contribution < -0.4 is 5.32 Å². The van der Waals surface area contributed by atoms with Gasteiger partial charge in [0.15, 0.2) is 17.2 Å². The van der Waals surface area contributed by atoms with Crippen LogP contribution in [0.1, 0.15) is 24.7 Å². The topological polar surface area (TPSA) is 85.4 Å². The highest BCUT2D eigenvalue weighted by Gasteiger charge is 2.15. The van der Waals surface area contributed by atoms with Crippen LogP contribution in [0, 0.1) is 28.5 Å². The van der Waals surface area contributed by atoms with Gasteiger partial charge in [-0.3, -0.25) is 0 Å². The highest BCUT2D eigenvalue weighted by atomic mass is 19.1. The lowest BCUT2D eigenvalue weighted by molar-refractivity contribution is 0.628. The van der Waals surface area contributed by atoms with Crippen molar-refractivity contribution in [2.45, 2.75) is 13.3 Å². The molecule has 5 nitrogen and oxygen atoms in total. The first-order chi connectivity index (χ1) is 10.2. The second kappa shape index (κ2) is 6.44. The zero-order valence-corrected chi connectivity index (χ0v) is 11.4. The van der Waals surface area contributed by atoms with E-state index < -0.39 is 5.82 Å². The van der Waals surface area contributed by atoms with Crippen LogP contribution in [0.3, 0.4) is 0 Å². The number of anilines is 1. The summed E-state index contributed by atoms with van der Waals surface area (Å²) in [5.41, 5.74) is 0.746. The van der Waals surface area contributed by atoms with Crippen molar-refractivity contribution in [3.63, 3.8) is 0 Å². The number of hydrogen-bond donors (Lipinski definition) is 1. The third-order valence-corrected chi connectivity index (χ3v) is 2.75. The fourth-order valence-electron chi connectivity index (χ4n) is 1.80. The van der Waals surface area contributed by atoms with Gasteiger partial charge in [0, 0.05) is 12.1 Å². The molecule has 0 aliphatic carbocycles. The zero-order chi connectivity index (χ0) is 15.2. The molecule has 1 aromatic carbocycles. The zero-order valence-electron chi connectivity index (χ0n) is 11.4. The van der Waals surface area contributed by atoms with Gasteiger partial charge in [-0.1, -0.05) is 19.1 Å². The predicted molar refractivity (Wildman–Crippen MR) is 75.6 cm³/mol. The minimum absolute atomic E-state index is 0.0451. The fraction of sp³-hybridized carbons (Fsp3) is 0.200. The first-order valence-corrected chi connectivity index (χ1v) is 6.41. The Morgan fingerprint density at radius 1 is 1.19 bits per heavy atom. The Labute approximate surface area is 121 Å². The molecule has 0 saturated carbocycles. The summed E-state index contributed by atoms with van der Waals surface area (Å²) in [6.07, 6.45) is 0.853. The van der Waals surface area contributed by atoms with Crippen molar-refractivity contribution >= 4 is 5.82 Å². The average molecular weight is 281 g/mol. The van der Waals surface area contributed by atoms with Gasteiger partial charge in [0.25, 0.3) is 0 Å². The van der Waals surface area contributed by atoms with Crippen molar-refractivity contribution in [1.82, 2.24) is 9.97 Å². The standard InChI is InChI=1S/C15H12FN5/c1-2-6-19-15-14(10-4-3-5-11(16)7-10)20-12(8-17)13(9-18)21-15/h3-5,7H,2,6H2,1H3,(H,19,21). The molecule has 1 heterocycles. The number of rotatable bonds is 4. The molecule has 104 valence electrons. The van der Waals surface area contributed by atoms with Gasteiger partial charge < -0.3 is 5.32 Å². The van der Waals surface area contributed by atoms with Crippen LogP contribution >= 0.6 is 0 Å². The van der Waals surface area contributed by atoms with Crippen molar-refractivity contribution in [2.24, 2.45) is 0 Å². The van der Waals surface area contributed by atoms with Crippen LogP contribution in [0.2, 0.25) is 0 Å². The number of nitrogens with one attached hydrogen (secondary N) is 1. The number of aromatic nitrogens is 2. The second-order valence-electron chi connectivity index (χ2n) is 4.28. The van der Waals surface area contributed by atoms with Gasteiger partial charge in [-0.05, 0) is 18.6 Å². The molecule has 21 heavy (non-hydrogen) atoms. The first-order valence-electron chi connectivity index (χ1n) is 6.41. The van der Waals surface area contributed by atoms with Gasteiger partial charge >= 0.3 is 0 Å². The summed E-state index contributed by atoms with van der Waals surface area (Å²) in [5.74, 6) is -0.0309. The van der Waals surface area contributed by atoms with Crippen LogP contribution in [-0.2, 0) is 0 Å². The Morgan fingerprint density at radius 3 is 2.52 bits per heavy atom. The Bertz CT molecular complexity index is 743. The summed E-state index contributed by atoms with van der Waals surface area (Å²) >= 11 is 0. The lowest BCUT2D eigenvalue weighted by Crippen LogP contribution is -2.08. The maximum absolute atomic E-state index is 13.4. The average Bonchev–Trinajstić information content (AvgIpc) is 2.52. The summed E-state index contributed by atoms with van der Waals surface area (Å²) in [7, 11) is 0. The summed E-state index contributed by atoms with van der Waals surface area (Å²) in [4.78, 5) is 8.28. The lowest BCUT2D eigenvalue weighted by atomic mass is 10.1. The van der Waals surface area contributed by atoms with Crippen molar-refractivity contribution in [1.29, 1.82) is 10.5 Å². The smallest absolute Gasteiger partial charge is 0.179 e. The van der Waals surface area contributed by atoms with E-state index in [0.717, 1.165) is 6.42 Å². The normalized spacial score (nSPS) is 9.71. The molecule has 1 N–H and O–H groups in total. The highest BCUT2D eigenvalue weighted by Crippen LogP contribution is 2.26. The van der Waals surface area contributed by atoms with E-state index in [1.165, 1.54) is 12.1 Å². The largest absolute Gasteiger partial charge is 0.368 e. The highest BCUT2D eigenvalue weighted by molar-refractivity contribution is 5.72. The monoisotopic (exact) mass is 281 g/mol. The van der Waals surface area contributed by atoms with Gasteiger partial charge in [0.1, 0.15) is 23.6 Å². The van der Waals surface area contributed by atoms with Crippen LogP contribution in [0.25, 0.3) is 11.3 Å². The van der Waals surface area contributed by atoms with Crippen molar-refractivity contribution in [2.75, 3.05) is 11.9 Å². The van der Waals surface area contributed by atoms with Crippen molar-refractivity contribution in [3.05, 3.63) is 41.5 Å². The number of nitriles is 2. The van der Waals surface area contributed by atoms with E-state index in [2.05, 4.69) is 15.3 Å². The van der Waals surface area contributed by atoms with E-state index in [1.807, 2.05) is 19.1 Å². The summed E-state index contributed by atoms with van der Waals surface area (Å²) in [6, 6.07) is 9.55. The second-order valence-corrected chi connectivity index (χ2v) is 4.28. The molecular weight excluding hydrogens is 269 g/mol. The van der Waals surface area contributed by atoms with Gasteiger partial charge in [-0.2, -0.15) is 10.5 Å². The van der Waals surface area contributed by atoms with E-state index in [4.69, 9.17) is 10.5 Å². The van der Waals surface area contributed by atoms with Gasteiger partial charge in [0.2, 0.25) is 0 Å².